The second kappa shape index (κ2) is 5.56. The zero-order valence-corrected chi connectivity index (χ0v) is 8.60. The van der Waals surface area contributed by atoms with Crippen LogP contribution in [0.2, 0.25) is 0 Å². The van der Waals surface area contributed by atoms with Crippen LogP contribution in [0.4, 0.5) is 14.5 Å². The van der Waals surface area contributed by atoms with E-state index >= 15 is 0 Å². The van der Waals surface area contributed by atoms with Crippen LogP contribution in [0.15, 0.2) is 35.9 Å². The molecule has 0 saturated heterocycles. The smallest absolute Gasteiger partial charge is 0.387 e. The van der Waals surface area contributed by atoms with Crippen molar-refractivity contribution in [3.05, 3.63) is 35.9 Å². The van der Waals surface area contributed by atoms with Gasteiger partial charge >= 0.3 is 6.61 Å². The van der Waals surface area contributed by atoms with Gasteiger partial charge in [0.1, 0.15) is 5.75 Å². The number of anilines is 1. The number of halogens is 3. The summed E-state index contributed by atoms with van der Waals surface area (Å²) in [5, 5.41) is 3.22. The molecule has 0 aliphatic heterocycles. The molecule has 0 aromatic heterocycles. The molecule has 82 valence electrons. The van der Waals surface area contributed by atoms with Crippen LogP contribution in [0.5, 0.6) is 5.75 Å². The van der Waals surface area contributed by atoms with Gasteiger partial charge in [0.05, 0.1) is 12.2 Å². The Morgan fingerprint density at radius 2 is 2.13 bits per heavy atom. The molecular formula is C10H10ClF2NO. The third-order valence-electron chi connectivity index (χ3n) is 1.57. The summed E-state index contributed by atoms with van der Waals surface area (Å²) in [5.74, 6) is 0.0883. The molecule has 1 rings (SSSR count). The lowest BCUT2D eigenvalue weighted by Crippen LogP contribution is -2.07. The summed E-state index contributed by atoms with van der Waals surface area (Å²) in [6.07, 6.45) is 0. The highest BCUT2D eigenvalue weighted by Gasteiger charge is 2.08. The van der Waals surface area contributed by atoms with Crippen LogP contribution >= 0.6 is 11.6 Å². The molecular weight excluding hydrogens is 224 g/mol. The van der Waals surface area contributed by atoms with E-state index in [1.54, 1.807) is 18.2 Å². The standard InChI is InChI=1S/C10H10ClF2NO/c1-7(11)6-14-8-4-2-3-5-9(8)15-10(12)13/h2-5,10,14H,1,6H2. The number of nitrogens with one attached hydrogen (secondary N) is 1. The summed E-state index contributed by atoms with van der Waals surface area (Å²) in [6, 6.07) is 6.39. The molecule has 0 atom stereocenters. The summed E-state index contributed by atoms with van der Waals surface area (Å²) in [6.45, 7) is 0.931. The van der Waals surface area contributed by atoms with E-state index in [0.717, 1.165) is 0 Å². The van der Waals surface area contributed by atoms with E-state index in [2.05, 4.69) is 16.6 Å². The maximum atomic E-state index is 12.0. The Labute approximate surface area is 91.5 Å². The predicted molar refractivity (Wildman–Crippen MR) is 56.6 cm³/mol. The van der Waals surface area contributed by atoms with Gasteiger partial charge in [0.15, 0.2) is 0 Å². The van der Waals surface area contributed by atoms with E-state index in [9.17, 15) is 8.78 Å². The first-order valence-corrected chi connectivity index (χ1v) is 4.58. The number of alkyl halides is 2. The second-order valence-electron chi connectivity index (χ2n) is 2.75. The van der Waals surface area contributed by atoms with Gasteiger partial charge < -0.3 is 10.1 Å². The number of para-hydroxylation sites is 2. The van der Waals surface area contributed by atoms with E-state index in [0.29, 0.717) is 17.3 Å². The minimum atomic E-state index is -2.84. The van der Waals surface area contributed by atoms with Gasteiger partial charge in [-0.25, -0.2) is 0 Å². The lowest BCUT2D eigenvalue weighted by molar-refractivity contribution is -0.0493. The van der Waals surface area contributed by atoms with Gasteiger partial charge in [-0.1, -0.05) is 30.3 Å². The Bertz CT molecular complexity index is 344. The minimum absolute atomic E-state index is 0.0883. The zero-order chi connectivity index (χ0) is 11.3. The molecule has 0 amide bonds. The highest BCUT2D eigenvalue weighted by Crippen LogP contribution is 2.25. The molecule has 1 aromatic carbocycles. The van der Waals surface area contributed by atoms with Crippen molar-refractivity contribution in [2.75, 3.05) is 11.9 Å². The van der Waals surface area contributed by atoms with Gasteiger partial charge in [-0.15, -0.1) is 0 Å². The summed E-state index contributed by atoms with van der Waals surface area (Å²) >= 11 is 5.54. The fraction of sp³-hybridized carbons (Fsp3) is 0.200. The maximum absolute atomic E-state index is 12.0. The van der Waals surface area contributed by atoms with Gasteiger partial charge in [-0.3, -0.25) is 0 Å². The van der Waals surface area contributed by atoms with Gasteiger partial charge in [-0.2, -0.15) is 8.78 Å². The Balaban J connectivity index is 2.72. The third kappa shape index (κ3) is 4.16. The molecule has 15 heavy (non-hydrogen) atoms. The van der Waals surface area contributed by atoms with Crippen molar-refractivity contribution in [2.45, 2.75) is 6.61 Å². The average Bonchev–Trinajstić information content (AvgIpc) is 2.15. The molecule has 2 nitrogen and oxygen atoms in total. The van der Waals surface area contributed by atoms with Crippen LogP contribution < -0.4 is 10.1 Å². The van der Waals surface area contributed by atoms with Gasteiger partial charge in [-0.05, 0) is 12.1 Å². The quantitative estimate of drug-likeness (QED) is 0.841. The molecule has 0 spiro atoms. The van der Waals surface area contributed by atoms with Gasteiger partial charge in [0.25, 0.3) is 0 Å². The average molecular weight is 234 g/mol. The largest absolute Gasteiger partial charge is 0.433 e. The first-order chi connectivity index (χ1) is 7.09. The highest BCUT2D eigenvalue weighted by molar-refractivity contribution is 6.29. The molecule has 0 unspecified atom stereocenters. The van der Waals surface area contributed by atoms with Crippen molar-refractivity contribution >= 4 is 17.3 Å². The zero-order valence-electron chi connectivity index (χ0n) is 7.84. The van der Waals surface area contributed by atoms with Crippen molar-refractivity contribution in [2.24, 2.45) is 0 Å². The molecule has 5 heteroatoms. The summed E-state index contributed by atoms with van der Waals surface area (Å²) in [7, 11) is 0. The molecule has 0 heterocycles. The Morgan fingerprint density at radius 1 is 1.47 bits per heavy atom. The fourth-order valence-electron chi connectivity index (χ4n) is 1.00. The Kier molecular flexibility index (Phi) is 4.37. The molecule has 0 fully saturated rings. The van der Waals surface area contributed by atoms with Crippen LogP contribution in [0.1, 0.15) is 0 Å². The highest BCUT2D eigenvalue weighted by atomic mass is 35.5. The Morgan fingerprint density at radius 3 is 2.73 bits per heavy atom. The SMILES string of the molecule is C=C(Cl)CNc1ccccc1OC(F)F. The van der Waals surface area contributed by atoms with Crippen molar-refractivity contribution in [1.82, 2.24) is 0 Å². The Hall–Kier alpha value is -1.29. The lowest BCUT2D eigenvalue weighted by Gasteiger charge is -2.11. The lowest BCUT2D eigenvalue weighted by atomic mass is 10.3. The van der Waals surface area contributed by atoms with Crippen LogP contribution in [-0.2, 0) is 0 Å². The monoisotopic (exact) mass is 233 g/mol. The van der Waals surface area contributed by atoms with E-state index in [-0.39, 0.29) is 5.75 Å². The van der Waals surface area contributed by atoms with Gasteiger partial charge in [0.2, 0.25) is 0 Å². The van der Waals surface area contributed by atoms with E-state index in [1.165, 1.54) is 6.07 Å². The normalized spacial score (nSPS) is 10.1. The predicted octanol–water partition coefficient (Wildman–Crippen LogP) is 3.45. The second-order valence-corrected chi connectivity index (χ2v) is 3.28. The number of hydrogen-bond acceptors (Lipinski definition) is 2. The molecule has 0 aliphatic rings. The maximum Gasteiger partial charge on any atom is 0.387 e. The van der Waals surface area contributed by atoms with Crippen LogP contribution in [-0.4, -0.2) is 13.2 Å². The van der Waals surface area contributed by atoms with E-state index in [4.69, 9.17) is 11.6 Å². The minimum Gasteiger partial charge on any atom is -0.433 e. The molecule has 1 aromatic rings. The third-order valence-corrected chi connectivity index (χ3v) is 1.71. The van der Waals surface area contributed by atoms with Crippen LogP contribution in [0.3, 0.4) is 0 Å². The first-order valence-electron chi connectivity index (χ1n) is 4.20. The topological polar surface area (TPSA) is 21.3 Å². The molecule has 0 radical (unpaired) electrons. The molecule has 1 N–H and O–H groups in total. The summed E-state index contributed by atoms with van der Waals surface area (Å²) in [4.78, 5) is 0. The molecule has 0 bridgehead atoms. The van der Waals surface area contributed by atoms with Gasteiger partial charge in [0, 0.05) is 5.03 Å². The number of benzene rings is 1. The summed E-state index contributed by atoms with van der Waals surface area (Å²) < 4.78 is 28.3. The molecule has 0 saturated carbocycles. The van der Waals surface area contributed by atoms with E-state index in [1.807, 2.05) is 0 Å². The molecule has 0 aliphatic carbocycles. The van der Waals surface area contributed by atoms with E-state index < -0.39 is 6.61 Å². The van der Waals surface area contributed by atoms with Crippen molar-refractivity contribution in [3.8, 4) is 5.75 Å². The summed E-state index contributed by atoms with van der Waals surface area (Å²) in [5.41, 5.74) is 0.458. The van der Waals surface area contributed by atoms with Crippen LogP contribution in [0, 0.1) is 0 Å². The number of hydrogen-bond donors (Lipinski definition) is 1. The van der Waals surface area contributed by atoms with Crippen molar-refractivity contribution in [1.29, 1.82) is 0 Å². The number of rotatable bonds is 5. The van der Waals surface area contributed by atoms with Crippen molar-refractivity contribution < 1.29 is 13.5 Å². The number of ether oxygens (including phenoxy) is 1. The first kappa shape index (κ1) is 11.8. The van der Waals surface area contributed by atoms with Crippen LogP contribution in [0.25, 0.3) is 0 Å². The fourth-order valence-corrected chi connectivity index (χ4v) is 1.07. The van der Waals surface area contributed by atoms with Crippen molar-refractivity contribution in [3.63, 3.8) is 0 Å².